The normalized spacial score (nSPS) is 11.4. The summed E-state index contributed by atoms with van der Waals surface area (Å²) in [6, 6.07) is 7.29. The molecule has 1 aromatic carbocycles. The number of nitrogens with zero attached hydrogens (tertiary/aromatic N) is 5. The highest BCUT2D eigenvalue weighted by Crippen LogP contribution is 2.15. The quantitative estimate of drug-likeness (QED) is 0.753. The highest BCUT2D eigenvalue weighted by atomic mass is 19.1. The average molecular weight is 328 g/mol. The molecular weight excluding hydrogens is 307 g/mol. The molecule has 3 aromatic rings. The molecule has 6 nitrogen and oxygen atoms in total. The largest absolute Gasteiger partial charge is 0.366 e. The van der Waals surface area contributed by atoms with Crippen LogP contribution in [0.1, 0.15) is 23.7 Å². The number of nitrogens with one attached hydrogen (secondary N) is 1. The van der Waals surface area contributed by atoms with E-state index in [0.717, 1.165) is 23.5 Å². The van der Waals surface area contributed by atoms with Gasteiger partial charge in [0.05, 0.1) is 0 Å². The van der Waals surface area contributed by atoms with Crippen LogP contribution in [0.15, 0.2) is 30.6 Å². The van der Waals surface area contributed by atoms with E-state index in [4.69, 9.17) is 0 Å². The van der Waals surface area contributed by atoms with Crippen LogP contribution in [0.4, 0.5) is 10.2 Å². The lowest BCUT2D eigenvalue weighted by molar-refractivity contribution is 0.392. The third-order valence-corrected chi connectivity index (χ3v) is 3.74. The van der Waals surface area contributed by atoms with Gasteiger partial charge in [0.15, 0.2) is 0 Å². The smallest absolute Gasteiger partial charge is 0.254 e. The van der Waals surface area contributed by atoms with E-state index in [-0.39, 0.29) is 5.82 Å². The fourth-order valence-electron chi connectivity index (χ4n) is 2.53. The zero-order valence-electron chi connectivity index (χ0n) is 14.1. The van der Waals surface area contributed by atoms with Gasteiger partial charge in [0.1, 0.15) is 18.0 Å². The monoisotopic (exact) mass is 328 g/mol. The fraction of sp³-hybridized carbons (Fsp3) is 0.353. The van der Waals surface area contributed by atoms with Crippen molar-refractivity contribution in [3.63, 3.8) is 0 Å². The molecule has 0 fully saturated rings. The predicted octanol–water partition coefficient (Wildman–Crippen LogP) is 2.50. The molecular formula is C17H21FN6. The Morgan fingerprint density at radius 1 is 1.25 bits per heavy atom. The average Bonchev–Trinajstić information content (AvgIpc) is 3.03. The fourth-order valence-corrected chi connectivity index (χ4v) is 2.53. The lowest BCUT2D eigenvalue weighted by Gasteiger charge is -2.13. The van der Waals surface area contributed by atoms with E-state index in [0.29, 0.717) is 24.4 Å². The number of anilines is 1. The molecule has 1 N–H and O–H groups in total. The molecule has 0 aliphatic rings. The van der Waals surface area contributed by atoms with Crippen LogP contribution in [0, 0.1) is 5.82 Å². The summed E-state index contributed by atoms with van der Waals surface area (Å²) < 4.78 is 15.8. The van der Waals surface area contributed by atoms with Gasteiger partial charge >= 0.3 is 0 Å². The van der Waals surface area contributed by atoms with E-state index in [1.165, 1.54) is 6.33 Å². The van der Waals surface area contributed by atoms with Gasteiger partial charge in [-0.05, 0) is 32.1 Å². The summed E-state index contributed by atoms with van der Waals surface area (Å²) in [7, 11) is 3.85. The Labute approximate surface area is 140 Å². The van der Waals surface area contributed by atoms with Gasteiger partial charge in [0.25, 0.3) is 5.78 Å². The van der Waals surface area contributed by atoms with Gasteiger partial charge in [-0.2, -0.15) is 14.6 Å². The molecule has 7 heteroatoms. The van der Waals surface area contributed by atoms with Crippen LogP contribution in [-0.2, 0) is 19.5 Å². The zero-order valence-corrected chi connectivity index (χ0v) is 14.1. The van der Waals surface area contributed by atoms with E-state index in [1.54, 1.807) is 10.6 Å². The maximum atomic E-state index is 14.2. The highest BCUT2D eigenvalue weighted by molar-refractivity contribution is 5.45. The molecule has 0 aliphatic heterocycles. The van der Waals surface area contributed by atoms with Crippen molar-refractivity contribution in [2.75, 3.05) is 19.4 Å². The Kier molecular flexibility index (Phi) is 4.71. The molecule has 0 saturated carbocycles. The molecule has 3 rings (SSSR count). The van der Waals surface area contributed by atoms with Crippen LogP contribution in [0.3, 0.4) is 0 Å². The highest BCUT2D eigenvalue weighted by Gasteiger charge is 2.08. The van der Waals surface area contributed by atoms with Crippen LogP contribution < -0.4 is 5.32 Å². The third-order valence-electron chi connectivity index (χ3n) is 3.74. The third kappa shape index (κ3) is 3.51. The van der Waals surface area contributed by atoms with Gasteiger partial charge < -0.3 is 10.2 Å². The maximum Gasteiger partial charge on any atom is 0.254 e. The maximum absolute atomic E-state index is 14.2. The number of hydrogen-bond donors (Lipinski definition) is 1. The van der Waals surface area contributed by atoms with Crippen molar-refractivity contribution < 1.29 is 4.39 Å². The summed E-state index contributed by atoms with van der Waals surface area (Å²) in [5.74, 6) is 1.18. The molecule has 24 heavy (non-hydrogen) atoms. The molecule has 126 valence electrons. The number of hydrogen-bond acceptors (Lipinski definition) is 5. The van der Waals surface area contributed by atoms with Gasteiger partial charge in [-0.15, -0.1) is 0 Å². The first-order valence-electron chi connectivity index (χ1n) is 7.92. The molecule has 0 saturated heterocycles. The van der Waals surface area contributed by atoms with E-state index in [1.807, 2.05) is 44.1 Å². The summed E-state index contributed by atoms with van der Waals surface area (Å²) >= 11 is 0. The minimum Gasteiger partial charge on any atom is -0.366 e. The van der Waals surface area contributed by atoms with Crippen molar-refractivity contribution in [3.8, 4) is 0 Å². The molecule has 2 aromatic heterocycles. The summed E-state index contributed by atoms with van der Waals surface area (Å²) in [6.07, 6.45) is 2.29. The van der Waals surface area contributed by atoms with Gasteiger partial charge in [-0.25, -0.2) is 9.37 Å². The number of halogens is 1. The first kappa shape index (κ1) is 16.3. The number of benzene rings is 1. The van der Waals surface area contributed by atoms with Crippen molar-refractivity contribution >= 4 is 11.6 Å². The first-order valence-corrected chi connectivity index (χ1v) is 7.92. The van der Waals surface area contributed by atoms with E-state index >= 15 is 0 Å². The van der Waals surface area contributed by atoms with Crippen LogP contribution in [-0.4, -0.2) is 38.6 Å². The van der Waals surface area contributed by atoms with E-state index in [9.17, 15) is 4.39 Å². The Bertz CT molecular complexity index is 842. The van der Waals surface area contributed by atoms with Crippen molar-refractivity contribution in [2.45, 2.75) is 26.4 Å². The molecule has 0 bridgehead atoms. The summed E-state index contributed by atoms with van der Waals surface area (Å²) in [5.41, 5.74) is 2.50. The number of aryl methyl sites for hydroxylation is 1. The number of fused-ring (bicyclic) bond motifs is 1. The van der Waals surface area contributed by atoms with Gasteiger partial charge in [0, 0.05) is 30.4 Å². The molecule has 2 heterocycles. The SMILES string of the molecule is CCc1cc(NCc2ccc(CN(C)C)c(F)c2)n2ncnc2n1. The molecule has 0 amide bonds. The van der Waals surface area contributed by atoms with Crippen LogP contribution in [0.25, 0.3) is 5.78 Å². The first-order chi connectivity index (χ1) is 11.6. The molecule has 0 aliphatic carbocycles. The Balaban J connectivity index is 1.78. The standard InChI is InChI=1S/C17H21FN6/c1-4-14-8-16(24-17(22-14)20-11-21-24)19-9-12-5-6-13(10-23(2)3)15(18)7-12/h5-8,11,19H,4,9-10H2,1-3H3. The Morgan fingerprint density at radius 2 is 2.08 bits per heavy atom. The minimum atomic E-state index is -0.183. The Morgan fingerprint density at radius 3 is 2.79 bits per heavy atom. The lowest BCUT2D eigenvalue weighted by atomic mass is 10.1. The number of aromatic nitrogens is 4. The number of rotatable bonds is 6. The van der Waals surface area contributed by atoms with Gasteiger partial charge in [-0.3, -0.25) is 0 Å². The van der Waals surface area contributed by atoms with Crippen molar-refractivity contribution in [1.82, 2.24) is 24.5 Å². The van der Waals surface area contributed by atoms with E-state index < -0.39 is 0 Å². The lowest BCUT2D eigenvalue weighted by Crippen LogP contribution is -2.12. The van der Waals surface area contributed by atoms with Crippen molar-refractivity contribution in [3.05, 3.63) is 53.2 Å². The second-order valence-corrected chi connectivity index (χ2v) is 5.98. The molecule has 0 radical (unpaired) electrons. The minimum absolute atomic E-state index is 0.183. The predicted molar refractivity (Wildman–Crippen MR) is 91.3 cm³/mol. The Hall–Kier alpha value is -2.54. The van der Waals surface area contributed by atoms with Crippen LogP contribution in [0.5, 0.6) is 0 Å². The molecule has 0 spiro atoms. The second-order valence-electron chi connectivity index (χ2n) is 5.98. The molecule has 0 unspecified atom stereocenters. The van der Waals surface area contributed by atoms with Gasteiger partial charge in [0.2, 0.25) is 0 Å². The second kappa shape index (κ2) is 6.92. The molecule has 0 atom stereocenters. The summed E-state index contributed by atoms with van der Waals surface area (Å²) in [5, 5.41) is 7.47. The summed E-state index contributed by atoms with van der Waals surface area (Å²) in [4.78, 5) is 10.5. The summed E-state index contributed by atoms with van der Waals surface area (Å²) in [6.45, 7) is 3.13. The zero-order chi connectivity index (χ0) is 17.1. The van der Waals surface area contributed by atoms with Gasteiger partial charge in [-0.1, -0.05) is 19.1 Å². The van der Waals surface area contributed by atoms with E-state index in [2.05, 4.69) is 20.4 Å². The van der Waals surface area contributed by atoms with Crippen LogP contribution in [0.2, 0.25) is 0 Å². The topological polar surface area (TPSA) is 58.4 Å². The van der Waals surface area contributed by atoms with Crippen molar-refractivity contribution in [1.29, 1.82) is 0 Å². The van der Waals surface area contributed by atoms with Crippen LogP contribution >= 0.6 is 0 Å². The van der Waals surface area contributed by atoms with Crippen molar-refractivity contribution in [2.24, 2.45) is 0 Å².